The Labute approximate surface area is 143 Å². The number of nitrogens with zero attached hydrogens (tertiary/aromatic N) is 2. The van der Waals surface area contributed by atoms with Gasteiger partial charge in [0.2, 0.25) is 0 Å². The molecule has 1 atom stereocenters. The number of H-pyrrole nitrogens is 1. The third kappa shape index (κ3) is 3.96. The van der Waals surface area contributed by atoms with Crippen LogP contribution >= 0.6 is 0 Å². The Balaban J connectivity index is 1.51. The molecule has 0 saturated carbocycles. The standard InChI is InChI=1S/C19H26N4O/c1-14(15-8-4-3-5-9-15)20-19(24)23(2)13-12-18-21-16-10-6-7-11-17(16)22-18/h6-8,10-11,14H,3-5,9,12-13H2,1-2H3,(H,20,24)(H,21,22)/t14-/m1/s1. The molecule has 0 spiro atoms. The van der Waals surface area contributed by atoms with Gasteiger partial charge in [-0.2, -0.15) is 0 Å². The number of likely N-dealkylation sites (N-methyl/N-ethyl adjacent to an activating group) is 1. The Morgan fingerprint density at radius 3 is 2.96 bits per heavy atom. The molecule has 0 fully saturated rings. The first-order chi connectivity index (χ1) is 11.6. The van der Waals surface area contributed by atoms with Gasteiger partial charge in [0.1, 0.15) is 5.82 Å². The number of hydrogen-bond acceptors (Lipinski definition) is 2. The van der Waals surface area contributed by atoms with E-state index in [-0.39, 0.29) is 12.1 Å². The first-order valence-electron chi connectivity index (χ1n) is 8.77. The van der Waals surface area contributed by atoms with Crippen molar-refractivity contribution in [1.29, 1.82) is 0 Å². The summed E-state index contributed by atoms with van der Waals surface area (Å²) in [6.45, 7) is 2.71. The van der Waals surface area contributed by atoms with Gasteiger partial charge in [-0.15, -0.1) is 0 Å². The fourth-order valence-corrected chi connectivity index (χ4v) is 3.14. The second kappa shape index (κ2) is 7.51. The fraction of sp³-hybridized carbons (Fsp3) is 0.474. The average molecular weight is 326 g/mol. The number of fused-ring (bicyclic) bond motifs is 1. The number of para-hydroxylation sites is 2. The van der Waals surface area contributed by atoms with E-state index in [1.54, 1.807) is 4.90 Å². The van der Waals surface area contributed by atoms with Crippen LogP contribution in [-0.2, 0) is 6.42 Å². The van der Waals surface area contributed by atoms with E-state index in [2.05, 4.69) is 28.3 Å². The largest absolute Gasteiger partial charge is 0.342 e. The first kappa shape index (κ1) is 16.6. The lowest BCUT2D eigenvalue weighted by molar-refractivity contribution is 0.207. The normalized spacial score (nSPS) is 15.8. The summed E-state index contributed by atoms with van der Waals surface area (Å²) in [7, 11) is 1.83. The molecule has 5 heteroatoms. The highest BCUT2D eigenvalue weighted by Gasteiger charge is 2.16. The van der Waals surface area contributed by atoms with Gasteiger partial charge < -0.3 is 15.2 Å². The summed E-state index contributed by atoms with van der Waals surface area (Å²) in [5.74, 6) is 0.916. The smallest absolute Gasteiger partial charge is 0.317 e. The molecule has 0 radical (unpaired) electrons. The van der Waals surface area contributed by atoms with Crippen LogP contribution in [0.25, 0.3) is 11.0 Å². The average Bonchev–Trinajstić information content (AvgIpc) is 3.03. The molecule has 1 aliphatic rings. The molecule has 2 N–H and O–H groups in total. The van der Waals surface area contributed by atoms with Crippen LogP contribution in [0.5, 0.6) is 0 Å². The van der Waals surface area contributed by atoms with Gasteiger partial charge in [-0.1, -0.05) is 23.8 Å². The Hall–Kier alpha value is -2.30. The van der Waals surface area contributed by atoms with Crippen LogP contribution < -0.4 is 5.32 Å². The van der Waals surface area contributed by atoms with Gasteiger partial charge in [0.25, 0.3) is 0 Å². The lowest BCUT2D eigenvalue weighted by Gasteiger charge is -2.24. The van der Waals surface area contributed by atoms with Crippen LogP contribution in [0, 0.1) is 0 Å². The SMILES string of the molecule is C[C@@H](NC(=O)N(C)CCc1nc2ccccc2[nH]1)C1=CCCCC1. The van der Waals surface area contributed by atoms with Crippen molar-refractivity contribution in [3.05, 3.63) is 41.7 Å². The predicted octanol–water partition coefficient (Wildman–Crippen LogP) is 3.64. The number of aromatic amines is 1. The maximum Gasteiger partial charge on any atom is 0.317 e. The van der Waals surface area contributed by atoms with Crippen LogP contribution in [0.2, 0.25) is 0 Å². The summed E-state index contributed by atoms with van der Waals surface area (Å²) in [5.41, 5.74) is 3.37. The lowest BCUT2D eigenvalue weighted by Crippen LogP contribution is -2.43. The highest BCUT2D eigenvalue weighted by Crippen LogP contribution is 2.20. The quantitative estimate of drug-likeness (QED) is 0.824. The number of carbonyl (C=O) groups excluding carboxylic acids is 1. The van der Waals surface area contributed by atoms with Crippen LogP contribution in [0.1, 0.15) is 38.4 Å². The number of aromatic nitrogens is 2. The third-order valence-electron chi connectivity index (χ3n) is 4.69. The van der Waals surface area contributed by atoms with Crippen LogP contribution in [-0.4, -0.2) is 40.5 Å². The third-order valence-corrected chi connectivity index (χ3v) is 4.69. The number of imidazole rings is 1. The number of rotatable bonds is 5. The zero-order chi connectivity index (χ0) is 16.9. The number of allylic oxidation sites excluding steroid dienone is 1. The van der Waals surface area contributed by atoms with E-state index in [0.29, 0.717) is 6.54 Å². The number of benzene rings is 1. The van der Waals surface area contributed by atoms with E-state index in [1.807, 2.05) is 31.3 Å². The minimum atomic E-state index is -0.0231. The molecular weight excluding hydrogens is 300 g/mol. The summed E-state index contributed by atoms with van der Waals surface area (Å²) in [6, 6.07) is 8.07. The molecule has 24 heavy (non-hydrogen) atoms. The predicted molar refractivity (Wildman–Crippen MR) is 97.0 cm³/mol. The number of nitrogens with one attached hydrogen (secondary N) is 2. The van der Waals surface area contributed by atoms with E-state index in [0.717, 1.165) is 36.1 Å². The topological polar surface area (TPSA) is 61.0 Å². The molecule has 5 nitrogen and oxygen atoms in total. The molecule has 3 rings (SSSR count). The second-order valence-corrected chi connectivity index (χ2v) is 6.57. The van der Waals surface area contributed by atoms with Crippen molar-refractivity contribution in [1.82, 2.24) is 20.2 Å². The van der Waals surface area contributed by atoms with Gasteiger partial charge in [0, 0.05) is 26.1 Å². The Bertz CT molecular complexity index is 701. The molecule has 1 heterocycles. The molecule has 2 amide bonds. The van der Waals surface area contributed by atoms with Crippen molar-refractivity contribution in [2.75, 3.05) is 13.6 Å². The minimum Gasteiger partial charge on any atom is -0.342 e. The number of amides is 2. The maximum absolute atomic E-state index is 12.3. The highest BCUT2D eigenvalue weighted by atomic mass is 16.2. The van der Waals surface area contributed by atoms with Gasteiger partial charge in [-0.05, 0) is 44.7 Å². The Morgan fingerprint density at radius 1 is 1.38 bits per heavy atom. The van der Waals surface area contributed by atoms with Crippen LogP contribution in [0.3, 0.4) is 0 Å². The Morgan fingerprint density at radius 2 is 2.21 bits per heavy atom. The summed E-state index contributed by atoms with van der Waals surface area (Å²) >= 11 is 0. The minimum absolute atomic E-state index is 0.0231. The van der Waals surface area contributed by atoms with Crippen LogP contribution in [0.4, 0.5) is 4.79 Å². The van der Waals surface area contributed by atoms with Crippen molar-refractivity contribution in [3.8, 4) is 0 Å². The molecular formula is C19H26N4O. The molecule has 1 aromatic heterocycles. The van der Waals surface area contributed by atoms with E-state index in [1.165, 1.54) is 18.4 Å². The summed E-state index contributed by atoms with van der Waals surface area (Å²) < 4.78 is 0. The van der Waals surface area contributed by atoms with Crippen molar-refractivity contribution in [2.24, 2.45) is 0 Å². The summed E-state index contributed by atoms with van der Waals surface area (Å²) in [5, 5.41) is 3.10. The van der Waals surface area contributed by atoms with Gasteiger partial charge in [-0.3, -0.25) is 0 Å². The first-order valence-corrected chi connectivity index (χ1v) is 8.77. The van der Waals surface area contributed by atoms with Gasteiger partial charge >= 0.3 is 6.03 Å². The molecule has 0 bridgehead atoms. The maximum atomic E-state index is 12.3. The van der Waals surface area contributed by atoms with E-state index in [9.17, 15) is 4.79 Å². The van der Waals surface area contributed by atoms with E-state index in [4.69, 9.17) is 0 Å². The summed E-state index contributed by atoms with van der Waals surface area (Å²) in [4.78, 5) is 21.9. The summed E-state index contributed by atoms with van der Waals surface area (Å²) in [6.07, 6.45) is 7.73. The Kier molecular flexibility index (Phi) is 5.18. The molecule has 2 aromatic rings. The van der Waals surface area contributed by atoms with Crippen molar-refractivity contribution in [3.63, 3.8) is 0 Å². The lowest BCUT2D eigenvalue weighted by atomic mass is 9.95. The fourth-order valence-electron chi connectivity index (χ4n) is 3.14. The molecule has 1 aromatic carbocycles. The zero-order valence-electron chi connectivity index (χ0n) is 14.5. The van der Waals surface area contributed by atoms with Gasteiger partial charge in [0.05, 0.1) is 11.0 Å². The monoisotopic (exact) mass is 326 g/mol. The molecule has 0 aliphatic heterocycles. The van der Waals surface area contributed by atoms with Crippen molar-refractivity contribution >= 4 is 17.1 Å². The van der Waals surface area contributed by atoms with E-state index >= 15 is 0 Å². The van der Waals surface area contributed by atoms with E-state index < -0.39 is 0 Å². The van der Waals surface area contributed by atoms with Crippen LogP contribution in [0.15, 0.2) is 35.9 Å². The van der Waals surface area contributed by atoms with Crippen molar-refractivity contribution in [2.45, 2.75) is 45.1 Å². The molecule has 0 saturated heterocycles. The van der Waals surface area contributed by atoms with Gasteiger partial charge in [0.15, 0.2) is 0 Å². The number of carbonyl (C=O) groups is 1. The number of urea groups is 1. The molecule has 0 unspecified atom stereocenters. The van der Waals surface area contributed by atoms with Crippen molar-refractivity contribution < 1.29 is 4.79 Å². The molecule has 128 valence electrons. The highest BCUT2D eigenvalue weighted by molar-refractivity contribution is 5.75. The zero-order valence-corrected chi connectivity index (χ0v) is 14.5. The second-order valence-electron chi connectivity index (χ2n) is 6.57. The number of hydrogen-bond donors (Lipinski definition) is 2. The van der Waals surface area contributed by atoms with Gasteiger partial charge in [-0.25, -0.2) is 9.78 Å². The molecule has 1 aliphatic carbocycles.